The van der Waals surface area contributed by atoms with Crippen molar-refractivity contribution in [3.8, 4) is 23.1 Å². The van der Waals surface area contributed by atoms with E-state index in [4.69, 9.17) is 9.84 Å². The maximum Gasteiger partial charge on any atom is 0.319 e. The summed E-state index contributed by atoms with van der Waals surface area (Å²) in [6.45, 7) is 0.435. The van der Waals surface area contributed by atoms with E-state index in [2.05, 4.69) is 26.7 Å². The fourth-order valence-electron chi connectivity index (χ4n) is 3.00. The molecule has 0 saturated carbocycles. The summed E-state index contributed by atoms with van der Waals surface area (Å²) in [5.74, 6) is 1.14. The molecule has 3 rings (SSSR count). The molecule has 3 aromatic rings. The third kappa shape index (κ3) is 6.01. The molecule has 1 heterocycles. The minimum absolute atomic E-state index is 0.0309. The Kier molecular flexibility index (Phi) is 7.51. The number of rotatable bonds is 8. The first-order chi connectivity index (χ1) is 15.1. The molecule has 0 aliphatic heterocycles. The maximum atomic E-state index is 11.9. The second-order valence-electron chi connectivity index (χ2n) is 6.72. The van der Waals surface area contributed by atoms with Crippen molar-refractivity contribution < 1.29 is 14.6 Å². The summed E-state index contributed by atoms with van der Waals surface area (Å²) in [6.07, 6.45) is 2.67. The van der Waals surface area contributed by atoms with E-state index in [1.807, 2.05) is 24.3 Å². The molecule has 3 N–H and O–H groups in total. The third-order valence-corrected chi connectivity index (χ3v) is 4.49. The number of nitrogens with zero attached hydrogens (tertiary/aromatic N) is 3. The number of hydrogen-bond donors (Lipinski definition) is 3. The van der Waals surface area contributed by atoms with Gasteiger partial charge in [-0.3, -0.25) is 0 Å². The van der Waals surface area contributed by atoms with E-state index >= 15 is 0 Å². The van der Waals surface area contributed by atoms with E-state index in [1.165, 1.54) is 7.11 Å². The second-order valence-corrected chi connectivity index (χ2v) is 6.72. The number of amides is 2. The molecule has 158 valence electrons. The van der Waals surface area contributed by atoms with Crippen molar-refractivity contribution in [1.29, 1.82) is 5.26 Å². The van der Waals surface area contributed by atoms with Crippen LogP contribution in [0.25, 0.3) is 11.3 Å². The smallest absolute Gasteiger partial charge is 0.319 e. The quantitative estimate of drug-likeness (QED) is 0.484. The first kappa shape index (κ1) is 21.7. The Morgan fingerprint density at radius 1 is 1.23 bits per heavy atom. The van der Waals surface area contributed by atoms with Crippen LogP contribution in [-0.4, -0.2) is 41.4 Å². The number of hydrogen-bond acceptors (Lipinski definition) is 6. The van der Waals surface area contributed by atoms with Gasteiger partial charge < -0.3 is 20.5 Å². The van der Waals surface area contributed by atoms with Gasteiger partial charge >= 0.3 is 6.03 Å². The zero-order valence-electron chi connectivity index (χ0n) is 17.1. The van der Waals surface area contributed by atoms with Gasteiger partial charge in [-0.05, 0) is 48.4 Å². The molecule has 31 heavy (non-hydrogen) atoms. The number of aliphatic hydroxyl groups is 1. The zero-order valence-corrected chi connectivity index (χ0v) is 17.1. The van der Waals surface area contributed by atoms with Crippen molar-refractivity contribution in [3.63, 3.8) is 0 Å². The van der Waals surface area contributed by atoms with Crippen LogP contribution in [0.5, 0.6) is 5.75 Å². The van der Waals surface area contributed by atoms with Gasteiger partial charge in [-0.2, -0.15) is 5.26 Å². The number of carbonyl (C=O) groups is 1. The van der Waals surface area contributed by atoms with Crippen molar-refractivity contribution in [2.45, 2.75) is 12.8 Å². The predicted octanol–water partition coefficient (Wildman–Crippen LogP) is 3.12. The highest BCUT2D eigenvalue weighted by molar-refractivity contribution is 5.89. The average molecular weight is 417 g/mol. The van der Waals surface area contributed by atoms with Gasteiger partial charge in [0.15, 0.2) is 0 Å². The lowest BCUT2D eigenvalue weighted by atomic mass is 10.1. The van der Waals surface area contributed by atoms with Crippen LogP contribution in [0.2, 0.25) is 0 Å². The minimum atomic E-state index is -0.323. The molecule has 0 saturated heterocycles. The molecule has 1 aromatic heterocycles. The predicted molar refractivity (Wildman–Crippen MR) is 117 cm³/mol. The summed E-state index contributed by atoms with van der Waals surface area (Å²) in [7, 11) is 1.53. The zero-order chi connectivity index (χ0) is 22.1. The van der Waals surface area contributed by atoms with Gasteiger partial charge in [-0.25, -0.2) is 14.8 Å². The third-order valence-electron chi connectivity index (χ3n) is 4.49. The van der Waals surface area contributed by atoms with Gasteiger partial charge in [0.05, 0.1) is 18.4 Å². The van der Waals surface area contributed by atoms with Crippen molar-refractivity contribution in [1.82, 2.24) is 15.3 Å². The Balaban J connectivity index is 1.73. The van der Waals surface area contributed by atoms with Crippen LogP contribution in [0.1, 0.15) is 23.4 Å². The summed E-state index contributed by atoms with van der Waals surface area (Å²) in [4.78, 5) is 20.9. The summed E-state index contributed by atoms with van der Waals surface area (Å²) >= 11 is 0. The van der Waals surface area contributed by atoms with Crippen molar-refractivity contribution in [3.05, 3.63) is 71.7 Å². The van der Waals surface area contributed by atoms with Crippen LogP contribution >= 0.6 is 0 Å². The highest BCUT2D eigenvalue weighted by atomic mass is 16.5. The summed E-state index contributed by atoms with van der Waals surface area (Å²) in [5.41, 5.74) is 3.55. The number of methoxy groups -OCH3 is 1. The molecule has 8 heteroatoms. The molecule has 0 aliphatic rings. The summed E-state index contributed by atoms with van der Waals surface area (Å²) < 4.78 is 5.20. The van der Waals surface area contributed by atoms with Crippen LogP contribution in [0.4, 0.5) is 10.5 Å². The van der Waals surface area contributed by atoms with E-state index in [0.29, 0.717) is 47.9 Å². The SMILES string of the molecule is COc1ccc(-c2ccnc(Cc3cccc(NC(=O)NCCCO)c3)n2)cc1C#N. The van der Waals surface area contributed by atoms with Crippen LogP contribution in [0.15, 0.2) is 54.7 Å². The average Bonchev–Trinajstić information content (AvgIpc) is 2.79. The lowest BCUT2D eigenvalue weighted by Crippen LogP contribution is -2.29. The number of anilines is 1. The topological polar surface area (TPSA) is 120 Å². The Bertz CT molecular complexity index is 1090. The minimum Gasteiger partial charge on any atom is -0.495 e. The molecule has 2 amide bonds. The second kappa shape index (κ2) is 10.7. The Labute approximate surface area is 180 Å². The number of urea groups is 1. The number of carbonyl (C=O) groups excluding carboxylic acids is 1. The van der Waals surface area contributed by atoms with Crippen LogP contribution in [-0.2, 0) is 6.42 Å². The van der Waals surface area contributed by atoms with E-state index in [0.717, 1.165) is 11.1 Å². The van der Waals surface area contributed by atoms with Gasteiger partial charge in [0, 0.05) is 37.0 Å². The summed E-state index contributed by atoms with van der Waals surface area (Å²) in [6, 6.07) is 16.4. The monoisotopic (exact) mass is 417 g/mol. The lowest BCUT2D eigenvalue weighted by Gasteiger charge is -2.09. The lowest BCUT2D eigenvalue weighted by molar-refractivity contribution is 0.249. The highest BCUT2D eigenvalue weighted by Crippen LogP contribution is 2.25. The molecule has 0 atom stereocenters. The standard InChI is InChI=1S/C23H23N5O3/c1-31-21-7-6-17(14-18(21)15-24)20-8-10-25-22(28-20)13-16-4-2-5-19(12-16)27-23(30)26-9-3-11-29/h2,4-8,10,12,14,29H,3,9,11,13H2,1H3,(H2,26,27,30). The van der Waals surface area contributed by atoms with Crippen molar-refractivity contribution in [2.24, 2.45) is 0 Å². The molecule has 0 unspecified atom stereocenters. The number of nitriles is 1. The van der Waals surface area contributed by atoms with Crippen LogP contribution in [0.3, 0.4) is 0 Å². The first-order valence-corrected chi connectivity index (χ1v) is 9.78. The number of ether oxygens (including phenoxy) is 1. The molecule has 0 aliphatic carbocycles. The molecule has 0 radical (unpaired) electrons. The van der Waals surface area contributed by atoms with Gasteiger partial charge in [-0.1, -0.05) is 12.1 Å². The number of aromatic nitrogens is 2. The summed E-state index contributed by atoms with van der Waals surface area (Å²) in [5, 5.41) is 23.5. The number of benzene rings is 2. The van der Waals surface area contributed by atoms with Crippen molar-refractivity contribution in [2.75, 3.05) is 25.6 Å². The van der Waals surface area contributed by atoms with E-state index in [9.17, 15) is 10.1 Å². The highest BCUT2D eigenvalue weighted by Gasteiger charge is 2.09. The van der Waals surface area contributed by atoms with Gasteiger partial charge in [-0.15, -0.1) is 0 Å². The molecule has 8 nitrogen and oxygen atoms in total. The van der Waals surface area contributed by atoms with Crippen molar-refractivity contribution >= 4 is 11.7 Å². The van der Waals surface area contributed by atoms with E-state index < -0.39 is 0 Å². The fourth-order valence-corrected chi connectivity index (χ4v) is 3.00. The van der Waals surface area contributed by atoms with E-state index in [1.54, 1.807) is 30.5 Å². The number of nitrogens with one attached hydrogen (secondary N) is 2. The fraction of sp³-hybridized carbons (Fsp3) is 0.217. The normalized spacial score (nSPS) is 10.2. The van der Waals surface area contributed by atoms with Gasteiger partial charge in [0.2, 0.25) is 0 Å². The molecule has 0 fully saturated rings. The largest absolute Gasteiger partial charge is 0.495 e. The molecule has 0 spiro atoms. The Morgan fingerprint density at radius 2 is 2.10 bits per heavy atom. The number of aliphatic hydroxyl groups excluding tert-OH is 1. The van der Waals surface area contributed by atoms with Crippen LogP contribution < -0.4 is 15.4 Å². The maximum absolute atomic E-state index is 11.9. The van der Waals surface area contributed by atoms with Gasteiger partial charge in [0.1, 0.15) is 17.6 Å². The van der Waals surface area contributed by atoms with E-state index in [-0.39, 0.29) is 12.6 Å². The van der Waals surface area contributed by atoms with Gasteiger partial charge in [0.25, 0.3) is 0 Å². The van der Waals surface area contributed by atoms with Crippen LogP contribution in [0, 0.1) is 11.3 Å². The molecule has 0 bridgehead atoms. The molecule has 2 aromatic carbocycles. The molecular weight excluding hydrogens is 394 g/mol. The molecular formula is C23H23N5O3. The Morgan fingerprint density at radius 3 is 2.87 bits per heavy atom. The Hall–Kier alpha value is -3.96. The first-order valence-electron chi connectivity index (χ1n) is 9.78.